The maximum Gasteiger partial charge on any atom is 0.342 e. The van der Waals surface area contributed by atoms with Crippen molar-refractivity contribution in [3.05, 3.63) is 34.3 Å². The summed E-state index contributed by atoms with van der Waals surface area (Å²) in [5.74, 6) is -0.921. The lowest BCUT2D eigenvalue weighted by atomic mass is 10.0. The molecule has 96 valence electrons. The molecule has 0 aromatic heterocycles. The molecule has 0 saturated heterocycles. The van der Waals surface area contributed by atoms with Gasteiger partial charge in [0.1, 0.15) is 0 Å². The highest BCUT2D eigenvalue weighted by Gasteiger charge is 2.27. The van der Waals surface area contributed by atoms with Crippen LogP contribution in [0.4, 0.5) is 4.39 Å². The Bertz CT molecular complexity index is 378. The van der Waals surface area contributed by atoms with Crippen molar-refractivity contribution in [3.8, 4) is 0 Å². The Morgan fingerprint density at radius 1 is 1.59 bits per heavy atom. The van der Waals surface area contributed by atoms with Gasteiger partial charge in [0.25, 0.3) is 0 Å². The molecular weight excluding hydrogens is 312 g/mol. The van der Waals surface area contributed by atoms with Crippen LogP contribution >= 0.6 is 28.3 Å². The van der Waals surface area contributed by atoms with Crippen LogP contribution in [0.25, 0.3) is 0 Å². The van der Waals surface area contributed by atoms with Crippen molar-refractivity contribution >= 4 is 34.3 Å². The first-order valence-electron chi connectivity index (χ1n) is 4.88. The third-order valence-electron chi connectivity index (χ3n) is 2.06. The topological polar surface area (TPSA) is 52.3 Å². The molecule has 1 rings (SSSR count). The quantitative estimate of drug-likeness (QED) is 0.866. The monoisotopic (exact) mass is 325 g/mol. The fraction of sp³-hybridized carbons (Fsp3) is 0.364. The molecule has 0 aliphatic carbocycles. The molecule has 0 amide bonds. The van der Waals surface area contributed by atoms with Gasteiger partial charge in [0.15, 0.2) is 0 Å². The highest BCUT2D eigenvalue weighted by atomic mass is 79.9. The molecule has 0 radical (unpaired) electrons. The van der Waals surface area contributed by atoms with E-state index in [1.165, 1.54) is 0 Å². The lowest BCUT2D eigenvalue weighted by Crippen LogP contribution is -2.31. The molecule has 6 heteroatoms. The average molecular weight is 327 g/mol. The lowest BCUT2D eigenvalue weighted by molar-refractivity contribution is -0.149. The number of rotatable bonds is 4. The maximum atomic E-state index is 13.6. The minimum atomic E-state index is -1.84. The molecule has 1 aromatic rings. The number of benzene rings is 1. The number of alkyl halides is 1. The van der Waals surface area contributed by atoms with E-state index in [9.17, 15) is 9.18 Å². The zero-order valence-corrected chi connectivity index (χ0v) is 11.6. The average Bonchev–Trinajstić information content (AvgIpc) is 2.27. The van der Waals surface area contributed by atoms with E-state index >= 15 is 0 Å². The highest BCUT2D eigenvalue weighted by molar-refractivity contribution is 9.10. The Morgan fingerprint density at radius 3 is 2.76 bits per heavy atom. The van der Waals surface area contributed by atoms with Crippen LogP contribution in [-0.2, 0) is 9.53 Å². The second kappa shape index (κ2) is 7.63. The summed E-state index contributed by atoms with van der Waals surface area (Å²) in [5.41, 5.74) is 6.19. The van der Waals surface area contributed by atoms with Crippen LogP contribution in [0.3, 0.4) is 0 Å². The first-order valence-corrected chi connectivity index (χ1v) is 5.67. The number of hydrogen-bond donors (Lipinski definition) is 1. The lowest BCUT2D eigenvalue weighted by Gasteiger charge is -2.15. The summed E-state index contributed by atoms with van der Waals surface area (Å²) in [7, 11) is 0. The molecule has 2 N–H and O–H groups in total. The fourth-order valence-electron chi connectivity index (χ4n) is 1.25. The van der Waals surface area contributed by atoms with Crippen molar-refractivity contribution < 1.29 is 13.9 Å². The van der Waals surface area contributed by atoms with Crippen LogP contribution in [0.5, 0.6) is 0 Å². The first kappa shape index (κ1) is 16.4. The molecular formula is C11H14BrClFNO2. The summed E-state index contributed by atoms with van der Waals surface area (Å²) in [6.07, 6.45) is -1.84. The first-order chi connectivity index (χ1) is 7.56. The van der Waals surface area contributed by atoms with Crippen LogP contribution in [0.15, 0.2) is 28.7 Å². The molecule has 0 spiro atoms. The van der Waals surface area contributed by atoms with Crippen molar-refractivity contribution in [2.45, 2.75) is 19.1 Å². The molecule has 0 aliphatic heterocycles. The summed E-state index contributed by atoms with van der Waals surface area (Å²) in [5, 5.41) is 0. The van der Waals surface area contributed by atoms with Gasteiger partial charge in [-0.05, 0) is 24.6 Å². The number of ether oxygens (including phenoxy) is 1. The van der Waals surface area contributed by atoms with Crippen LogP contribution < -0.4 is 5.73 Å². The van der Waals surface area contributed by atoms with Crippen molar-refractivity contribution in [1.82, 2.24) is 0 Å². The molecule has 0 heterocycles. The van der Waals surface area contributed by atoms with E-state index in [-0.39, 0.29) is 19.0 Å². The molecule has 3 nitrogen and oxygen atoms in total. The number of hydrogen-bond acceptors (Lipinski definition) is 3. The van der Waals surface area contributed by atoms with E-state index in [0.717, 1.165) is 4.47 Å². The third kappa shape index (κ3) is 4.61. The molecule has 1 aromatic carbocycles. The van der Waals surface area contributed by atoms with E-state index in [4.69, 9.17) is 5.73 Å². The molecule has 0 bridgehead atoms. The molecule has 2 atom stereocenters. The van der Waals surface area contributed by atoms with Crippen LogP contribution in [-0.4, -0.2) is 18.7 Å². The highest BCUT2D eigenvalue weighted by Crippen LogP contribution is 2.21. The van der Waals surface area contributed by atoms with Crippen LogP contribution in [0.2, 0.25) is 0 Å². The van der Waals surface area contributed by atoms with Crippen LogP contribution in [0.1, 0.15) is 18.5 Å². The van der Waals surface area contributed by atoms with Crippen molar-refractivity contribution in [2.24, 2.45) is 5.73 Å². The largest absolute Gasteiger partial charge is 0.464 e. The third-order valence-corrected chi connectivity index (χ3v) is 2.55. The zero-order valence-electron chi connectivity index (χ0n) is 9.23. The normalized spacial score (nSPS) is 13.4. The number of carbonyl (C=O) groups excluding carboxylic acids is 1. The molecule has 0 aliphatic rings. The van der Waals surface area contributed by atoms with Gasteiger partial charge in [-0.25, -0.2) is 9.18 Å². The number of esters is 1. The zero-order chi connectivity index (χ0) is 12.1. The number of carbonyl (C=O) groups is 1. The molecule has 0 saturated carbocycles. The van der Waals surface area contributed by atoms with Crippen LogP contribution in [0, 0.1) is 0 Å². The Kier molecular flexibility index (Phi) is 7.34. The standard InChI is InChI=1S/C11H13BrFNO2.ClH/c1-2-16-11(15)9(13)10(14)7-4-3-5-8(12)6-7;/h3-6,9-10H,2,14H2,1H3;1H/t9?,10-;/m1./s1. The van der Waals surface area contributed by atoms with Gasteiger partial charge in [0.2, 0.25) is 6.17 Å². The summed E-state index contributed by atoms with van der Waals surface area (Å²) in [6.45, 7) is 1.76. The Hall–Kier alpha value is -0.650. The Balaban J connectivity index is 0.00000256. The van der Waals surface area contributed by atoms with E-state index in [1.54, 1.807) is 31.2 Å². The maximum absolute atomic E-state index is 13.6. The minimum Gasteiger partial charge on any atom is -0.464 e. The van der Waals surface area contributed by atoms with Gasteiger partial charge >= 0.3 is 5.97 Å². The van der Waals surface area contributed by atoms with Gasteiger partial charge in [0.05, 0.1) is 12.6 Å². The second-order valence-corrected chi connectivity index (χ2v) is 4.15. The minimum absolute atomic E-state index is 0. The van der Waals surface area contributed by atoms with E-state index in [2.05, 4.69) is 20.7 Å². The molecule has 1 unspecified atom stereocenters. The predicted molar refractivity (Wildman–Crippen MR) is 69.8 cm³/mol. The smallest absolute Gasteiger partial charge is 0.342 e. The van der Waals surface area contributed by atoms with Gasteiger partial charge < -0.3 is 10.5 Å². The summed E-state index contributed by atoms with van der Waals surface area (Å²) < 4.78 is 18.9. The van der Waals surface area contributed by atoms with Gasteiger partial charge in [-0.1, -0.05) is 28.1 Å². The summed E-state index contributed by atoms with van der Waals surface area (Å²) >= 11 is 3.25. The SMILES string of the molecule is CCOC(=O)C(F)[C@H](N)c1cccc(Br)c1.Cl. The van der Waals surface area contributed by atoms with Gasteiger partial charge in [-0.3, -0.25) is 0 Å². The van der Waals surface area contributed by atoms with Crippen molar-refractivity contribution in [2.75, 3.05) is 6.61 Å². The second-order valence-electron chi connectivity index (χ2n) is 3.23. The van der Waals surface area contributed by atoms with Gasteiger partial charge in [0, 0.05) is 4.47 Å². The van der Waals surface area contributed by atoms with E-state index < -0.39 is 18.2 Å². The molecule has 17 heavy (non-hydrogen) atoms. The Morgan fingerprint density at radius 2 is 2.24 bits per heavy atom. The number of halogens is 3. The summed E-state index contributed by atoms with van der Waals surface area (Å²) in [4.78, 5) is 11.2. The predicted octanol–water partition coefficient (Wildman–Crippen LogP) is 2.77. The van der Waals surface area contributed by atoms with Gasteiger partial charge in [-0.15, -0.1) is 12.4 Å². The van der Waals surface area contributed by atoms with Crippen molar-refractivity contribution in [1.29, 1.82) is 0 Å². The Labute approximate surface area is 114 Å². The van der Waals surface area contributed by atoms with E-state index in [0.29, 0.717) is 5.56 Å². The van der Waals surface area contributed by atoms with E-state index in [1.807, 2.05) is 0 Å². The van der Waals surface area contributed by atoms with Crippen molar-refractivity contribution in [3.63, 3.8) is 0 Å². The van der Waals surface area contributed by atoms with Gasteiger partial charge in [-0.2, -0.15) is 0 Å². The molecule has 0 fully saturated rings. The fourth-order valence-corrected chi connectivity index (χ4v) is 1.67. The summed E-state index contributed by atoms with van der Waals surface area (Å²) in [6, 6.07) is 5.87. The number of nitrogens with two attached hydrogens (primary N) is 1.